The summed E-state index contributed by atoms with van der Waals surface area (Å²) in [4.78, 5) is 11.7. The summed E-state index contributed by atoms with van der Waals surface area (Å²) in [5.74, 6) is 0. The van der Waals surface area contributed by atoms with E-state index in [1.807, 2.05) is 6.07 Å². The van der Waals surface area contributed by atoms with Crippen molar-refractivity contribution in [2.24, 2.45) is 14.1 Å². The van der Waals surface area contributed by atoms with Crippen LogP contribution in [0.3, 0.4) is 0 Å². The fourth-order valence-electron chi connectivity index (χ4n) is 1.60. The van der Waals surface area contributed by atoms with Crippen molar-refractivity contribution in [2.75, 3.05) is 0 Å². The van der Waals surface area contributed by atoms with E-state index in [0.29, 0.717) is 0 Å². The smallest absolute Gasteiger partial charge is 0.273 e. The van der Waals surface area contributed by atoms with Crippen molar-refractivity contribution in [1.82, 2.24) is 14.3 Å². The van der Waals surface area contributed by atoms with Gasteiger partial charge in [-0.2, -0.15) is 18.4 Å². The number of nitrogens with zero attached hydrogens (tertiary/aromatic N) is 4. The minimum absolute atomic E-state index is 0.0890. The molecular weight excluding hydrogens is 305 g/mol. The van der Waals surface area contributed by atoms with Gasteiger partial charge in [-0.3, -0.25) is 4.57 Å². The predicted octanol–water partition coefficient (Wildman–Crippen LogP) is 2.16. The zero-order valence-electron chi connectivity index (χ0n) is 11.0. The van der Waals surface area contributed by atoms with Crippen molar-refractivity contribution >= 4 is 11.8 Å². The fourth-order valence-corrected chi connectivity index (χ4v) is 2.58. The van der Waals surface area contributed by atoms with Gasteiger partial charge < -0.3 is 0 Å². The molecule has 0 N–H and O–H groups in total. The van der Waals surface area contributed by atoms with Gasteiger partial charge in [-0.25, -0.2) is 9.48 Å². The monoisotopic (exact) mass is 314 g/mol. The van der Waals surface area contributed by atoms with Crippen LogP contribution in [0.4, 0.5) is 13.2 Å². The maximum Gasteiger partial charge on any atom is 0.416 e. The van der Waals surface area contributed by atoms with Crippen molar-refractivity contribution in [1.29, 1.82) is 5.26 Å². The molecule has 0 aliphatic rings. The van der Waals surface area contributed by atoms with E-state index in [4.69, 9.17) is 5.26 Å². The molecule has 21 heavy (non-hydrogen) atoms. The maximum atomic E-state index is 12.7. The average Bonchev–Trinajstić information content (AvgIpc) is 2.65. The van der Waals surface area contributed by atoms with Gasteiger partial charge in [0, 0.05) is 19.0 Å². The van der Waals surface area contributed by atoms with E-state index in [-0.39, 0.29) is 15.6 Å². The Morgan fingerprint density at radius 3 is 2.48 bits per heavy atom. The Labute approximate surface area is 121 Å². The summed E-state index contributed by atoms with van der Waals surface area (Å²) in [7, 11) is 2.89. The molecule has 0 saturated carbocycles. The third-order valence-electron chi connectivity index (χ3n) is 2.72. The molecule has 0 aliphatic carbocycles. The first-order valence-corrected chi connectivity index (χ1v) is 6.45. The lowest BCUT2D eigenvalue weighted by Gasteiger charge is -2.09. The first-order chi connectivity index (χ1) is 9.74. The van der Waals surface area contributed by atoms with Crippen LogP contribution in [0, 0.1) is 11.3 Å². The number of aryl methyl sites for hydroxylation is 1. The number of nitriles is 1. The SMILES string of the molecule is Cn1nc(Sc2cc(C(F)(F)F)ccc2C#N)n(C)c1=O. The minimum Gasteiger partial charge on any atom is -0.273 e. The molecule has 110 valence electrons. The van der Waals surface area contributed by atoms with E-state index in [1.165, 1.54) is 18.7 Å². The van der Waals surface area contributed by atoms with Gasteiger partial charge in [-0.05, 0) is 30.0 Å². The van der Waals surface area contributed by atoms with Crippen molar-refractivity contribution in [3.05, 3.63) is 39.8 Å². The summed E-state index contributed by atoms with van der Waals surface area (Å²) in [6.07, 6.45) is -4.50. The molecule has 0 spiro atoms. The van der Waals surface area contributed by atoms with Crippen LogP contribution in [0.2, 0.25) is 0 Å². The predicted molar refractivity (Wildman–Crippen MR) is 68.7 cm³/mol. The van der Waals surface area contributed by atoms with Gasteiger partial charge in [0.2, 0.25) is 0 Å². The molecule has 0 bridgehead atoms. The molecule has 0 fully saturated rings. The standard InChI is InChI=1S/C12H9F3N4OS/c1-18-10(17-19(2)11(18)20)21-9-5-8(12(13,14)15)4-3-7(9)6-16/h3-5H,1-2H3. The Bertz CT molecular complexity index is 785. The molecule has 0 atom stereocenters. The zero-order chi connectivity index (χ0) is 15.8. The van der Waals surface area contributed by atoms with E-state index in [9.17, 15) is 18.0 Å². The third-order valence-corrected chi connectivity index (χ3v) is 3.81. The highest BCUT2D eigenvalue weighted by Crippen LogP contribution is 2.35. The van der Waals surface area contributed by atoms with Gasteiger partial charge in [0.1, 0.15) is 6.07 Å². The molecule has 2 rings (SSSR count). The van der Waals surface area contributed by atoms with E-state index in [1.54, 1.807) is 0 Å². The fraction of sp³-hybridized carbons (Fsp3) is 0.250. The van der Waals surface area contributed by atoms with Gasteiger partial charge in [0.05, 0.1) is 11.1 Å². The lowest BCUT2D eigenvalue weighted by molar-refractivity contribution is -0.137. The van der Waals surface area contributed by atoms with Crippen LogP contribution in [0.1, 0.15) is 11.1 Å². The van der Waals surface area contributed by atoms with Gasteiger partial charge in [0.25, 0.3) is 0 Å². The van der Waals surface area contributed by atoms with Gasteiger partial charge in [-0.1, -0.05) is 0 Å². The first-order valence-electron chi connectivity index (χ1n) is 5.63. The van der Waals surface area contributed by atoms with Crippen LogP contribution in [0.25, 0.3) is 0 Å². The van der Waals surface area contributed by atoms with Crippen LogP contribution in [0.5, 0.6) is 0 Å². The third kappa shape index (κ3) is 2.95. The number of halogens is 3. The first kappa shape index (κ1) is 15.2. The number of hydrogen-bond acceptors (Lipinski definition) is 4. The highest BCUT2D eigenvalue weighted by atomic mass is 32.2. The van der Waals surface area contributed by atoms with Gasteiger partial charge in [0.15, 0.2) is 5.16 Å². The Balaban J connectivity index is 2.50. The second-order valence-electron chi connectivity index (χ2n) is 4.17. The van der Waals surface area contributed by atoms with Crippen LogP contribution in [-0.2, 0) is 20.3 Å². The van der Waals surface area contributed by atoms with Crippen molar-refractivity contribution < 1.29 is 13.2 Å². The van der Waals surface area contributed by atoms with Crippen LogP contribution >= 0.6 is 11.8 Å². The summed E-state index contributed by atoms with van der Waals surface area (Å²) in [5.41, 5.74) is -1.17. The summed E-state index contributed by atoms with van der Waals surface area (Å²) in [6, 6.07) is 4.65. The lowest BCUT2D eigenvalue weighted by Crippen LogP contribution is -2.20. The van der Waals surface area contributed by atoms with Crippen molar-refractivity contribution in [3.8, 4) is 6.07 Å². The summed E-state index contributed by atoms with van der Waals surface area (Å²) >= 11 is 0.839. The molecule has 0 radical (unpaired) electrons. The number of benzene rings is 1. The average molecular weight is 314 g/mol. The molecule has 1 heterocycles. The van der Waals surface area contributed by atoms with E-state index in [2.05, 4.69) is 5.10 Å². The van der Waals surface area contributed by atoms with Crippen molar-refractivity contribution in [2.45, 2.75) is 16.2 Å². The number of aromatic nitrogens is 3. The Kier molecular flexibility index (Phi) is 3.82. The summed E-state index contributed by atoms with van der Waals surface area (Å²) < 4.78 is 40.4. The second-order valence-corrected chi connectivity index (χ2v) is 5.18. The number of alkyl halides is 3. The molecule has 2 aromatic rings. The maximum absolute atomic E-state index is 12.7. The quantitative estimate of drug-likeness (QED) is 0.852. The normalized spacial score (nSPS) is 11.4. The Hall–Kier alpha value is -2.21. The highest BCUT2D eigenvalue weighted by molar-refractivity contribution is 7.99. The second kappa shape index (κ2) is 5.29. The van der Waals surface area contributed by atoms with E-state index < -0.39 is 17.4 Å². The minimum atomic E-state index is -4.50. The van der Waals surface area contributed by atoms with Crippen LogP contribution in [0.15, 0.2) is 33.0 Å². The number of hydrogen-bond donors (Lipinski definition) is 0. The molecule has 0 unspecified atom stereocenters. The molecule has 0 aliphatic heterocycles. The molecule has 1 aromatic heterocycles. The highest BCUT2D eigenvalue weighted by Gasteiger charge is 2.31. The van der Waals surface area contributed by atoms with E-state index in [0.717, 1.165) is 34.6 Å². The Morgan fingerprint density at radius 2 is 2.00 bits per heavy atom. The molecule has 9 heteroatoms. The largest absolute Gasteiger partial charge is 0.416 e. The lowest BCUT2D eigenvalue weighted by atomic mass is 10.1. The topological polar surface area (TPSA) is 63.6 Å². The van der Waals surface area contributed by atoms with Crippen molar-refractivity contribution in [3.63, 3.8) is 0 Å². The van der Waals surface area contributed by atoms with Gasteiger partial charge >= 0.3 is 11.9 Å². The summed E-state index contributed by atoms with van der Waals surface area (Å²) in [6.45, 7) is 0. The zero-order valence-corrected chi connectivity index (χ0v) is 11.8. The molecule has 0 saturated heterocycles. The van der Waals surface area contributed by atoms with Crippen LogP contribution in [-0.4, -0.2) is 14.3 Å². The Morgan fingerprint density at radius 1 is 1.33 bits per heavy atom. The van der Waals surface area contributed by atoms with Crippen LogP contribution < -0.4 is 5.69 Å². The molecular formula is C12H9F3N4OS. The van der Waals surface area contributed by atoms with Gasteiger partial charge in [-0.15, -0.1) is 5.10 Å². The molecule has 5 nitrogen and oxygen atoms in total. The molecule has 0 amide bonds. The van der Waals surface area contributed by atoms with E-state index >= 15 is 0 Å². The summed E-state index contributed by atoms with van der Waals surface area (Å²) in [5, 5.41) is 13.1. The molecule has 1 aromatic carbocycles. The number of rotatable bonds is 2.